The molecule has 0 spiro atoms. The zero-order valence-corrected chi connectivity index (χ0v) is 69.3. The SMILES string of the molecule is CCOC(=O)NC1=C[C@@H](CC)Nc2ccc(C(F)(F)F)cc21.CCOC(=O)NC1=C[C@H](CC)Nc2ccc(C(F)(F)F)cc21.CC[C@@H]1C=C(NC(=O)OC)c2cc(C(F)(F)F)ccc2N1.CC[C@H]1C=C(NC(=O)OC)c2cc(C(F)(F)F)ccc2N1.COC(=O)NC1=C[C@@H](C)Nc2ccc(C(F)(F)F)cc21.COC(=O)NC1=C[C@H](C)Nc2ccc(C(F)(F)F)cc21. The molecule has 6 aromatic carbocycles. The summed E-state index contributed by atoms with van der Waals surface area (Å²) in [6, 6.07) is 19.8. The first-order chi connectivity index (χ1) is 59.0. The molecule has 6 aromatic rings. The monoisotopic (exact) mass is 1800 g/mol. The van der Waals surface area contributed by atoms with Crippen molar-refractivity contribution in [3.05, 3.63) is 212 Å². The average Bonchev–Trinajstić information content (AvgIpc) is 0.808. The lowest BCUT2D eigenvalue weighted by molar-refractivity contribution is -0.138. The molecule has 6 heterocycles. The Balaban J connectivity index is 0.000000208. The number of benzene rings is 6. The molecule has 126 heavy (non-hydrogen) atoms. The van der Waals surface area contributed by atoms with E-state index in [1.165, 1.54) is 64.8 Å². The van der Waals surface area contributed by atoms with Gasteiger partial charge >= 0.3 is 73.6 Å². The number of rotatable bonds is 12. The summed E-state index contributed by atoms with van der Waals surface area (Å²) in [5.74, 6) is 0. The van der Waals surface area contributed by atoms with E-state index in [9.17, 15) is 108 Å². The summed E-state index contributed by atoms with van der Waals surface area (Å²) in [7, 11) is 4.77. The highest BCUT2D eigenvalue weighted by Crippen LogP contribution is 2.43. The Morgan fingerprint density at radius 1 is 0.270 bits per heavy atom. The zero-order chi connectivity index (χ0) is 93.7. The Kier molecular flexibility index (Phi) is 34.1. The molecule has 0 bridgehead atoms. The smallest absolute Gasteiger partial charge is 0.416 e. The minimum atomic E-state index is -4.44. The van der Waals surface area contributed by atoms with Crippen LogP contribution in [0, 0.1) is 0 Å². The van der Waals surface area contributed by atoms with Gasteiger partial charge in [0.2, 0.25) is 0 Å². The summed E-state index contributed by atoms with van der Waals surface area (Å²) in [6.45, 7) is 15.0. The summed E-state index contributed by atoms with van der Waals surface area (Å²) in [5.41, 5.74) is 2.24. The second kappa shape index (κ2) is 43.0. The minimum absolute atomic E-state index is 0.0682. The quantitative estimate of drug-likeness (QED) is 0.0400. The molecule has 684 valence electrons. The zero-order valence-electron chi connectivity index (χ0n) is 69.3. The van der Waals surface area contributed by atoms with Crippen molar-refractivity contribution >= 4 is 105 Å². The van der Waals surface area contributed by atoms with E-state index in [2.05, 4.69) is 82.7 Å². The molecule has 0 saturated carbocycles. The lowest BCUT2D eigenvalue weighted by Gasteiger charge is -2.26. The second-order valence-electron chi connectivity index (χ2n) is 27.7. The number of amides is 6. The van der Waals surface area contributed by atoms with Crippen molar-refractivity contribution in [2.75, 3.05) is 73.6 Å². The third kappa shape index (κ3) is 28.0. The number of carbonyl (C=O) groups is 6. The number of nitrogens with one attached hydrogen (secondary N) is 12. The number of hydrogen-bond donors (Lipinski definition) is 12. The molecule has 0 unspecified atom stereocenters. The van der Waals surface area contributed by atoms with E-state index >= 15 is 0 Å². The number of fused-ring (bicyclic) bond motifs is 6. The Morgan fingerprint density at radius 3 is 0.595 bits per heavy atom. The van der Waals surface area contributed by atoms with Gasteiger partial charge in [-0.05, 0) is 199 Å². The van der Waals surface area contributed by atoms with E-state index in [-0.39, 0.29) is 60.6 Å². The molecule has 6 aliphatic rings. The van der Waals surface area contributed by atoms with Gasteiger partial charge in [0.05, 0.1) is 109 Å². The van der Waals surface area contributed by atoms with Crippen LogP contribution in [0.3, 0.4) is 0 Å². The van der Waals surface area contributed by atoms with Crippen molar-refractivity contribution in [2.45, 2.75) is 154 Å². The topological polar surface area (TPSA) is 302 Å². The van der Waals surface area contributed by atoms with Gasteiger partial charge in [0.15, 0.2) is 0 Å². The van der Waals surface area contributed by atoms with E-state index in [1.807, 2.05) is 41.5 Å². The van der Waals surface area contributed by atoms with Gasteiger partial charge in [0.25, 0.3) is 0 Å². The molecule has 12 N–H and O–H groups in total. The average molecular weight is 1800 g/mol. The maximum Gasteiger partial charge on any atom is 0.416 e. The number of carbonyl (C=O) groups excluding carboxylic acids is 6. The highest BCUT2D eigenvalue weighted by Gasteiger charge is 2.39. The summed E-state index contributed by atoms with van der Waals surface area (Å²) in [5, 5.41) is 33.3. The van der Waals surface area contributed by atoms with Gasteiger partial charge in [0, 0.05) is 104 Å². The van der Waals surface area contributed by atoms with Crippen molar-refractivity contribution in [1.29, 1.82) is 0 Å². The standard InChI is InChI=1S/2C15H17F3N2O2.2C14H15F3N2O2.2C13H13F3N2O2/c2*1-3-10-8-13(20-14(21)22-4-2)11-7-9(15(16,17)18)5-6-12(11)19-10;2*1-3-9-7-12(19-13(20)21-2)10-6-8(14(15,16)17)4-5-11(10)18-9;2*1-7-5-11(18-12(19)20-2)9-6-8(13(14,15)16)3-4-10(9)17-7/h2*5-8,10,19H,3-4H2,1-2H3,(H,20,21);2*4-7,9,18H,3H2,1-2H3,(H,19,20);2*3-7,17H,1-2H3,(H,18,19)/t2*10-;2*9-;2*7-/m101010/s1. The van der Waals surface area contributed by atoms with Crippen LogP contribution in [0.15, 0.2) is 146 Å². The maximum atomic E-state index is 12.9. The third-order valence-corrected chi connectivity index (χ3v) is 18.7. The van der Waals surface area contributed by atoms with Crippen LogP contribution < -0.4 is 63.8 Å². The van der Waals surface area contributed by atoms with Crippen LogP contribution in [-0.2, 0) is 65.5 Å². The minimum Gasteiger partial charge on any atom is -0.453 e. The molecule has 6 atom stereocenters. The number of alkyl halides is 18. The number of alkyl carbamates (subject to hydrolysis) is 6. The van der Waals surface area contributed by atoms with Gasteiger partial charge in [-0.1, -0.05) is 27.7 Å². The van der Waals surface area contributed by atoms with Crippen molar-refractivity contribution in [1.82, 2.24) is 31.9 Å². The van der Waals surface area contributed by atoms with Gasteiger partial charge in [-0.15, -0.1) is 0 Å². The molecule has 6 amide bonds. The van der Waals surface area contributed by atoms with Crippen molar-refractivity contribution in [3.8, 4) is 0 Å². The number of hydrogen-bond acceptors (Lipinski definition) is 18. The molecule has 12 rings (SSSR count). The Morgan fingerprint density at radius 2 is 0.437 bits per heavy atom. The summed E-state index contributed by atoms with van der Waals surface area (Å²) < 4.78 is 258. The Bertz CT molecular complexity index is 4790. The van der Waals surface area contributed by atoms with E-state index in [4.69, 9.17) is 9.47 Å². The van der Waals surface area contributed by atoms with Crippen LogP contribution in [0.1, 0.15) is 148 Å². The number of halogens is 18. The highest BCUT2D eigenvalue weighted by molar-refractivity contribution is 5.93. The lowest BCUT2D eigenvalue weighted by Crippen LogP contribution is -2.29. The highest BCUT2D eigenvalue weighted by atomic mass is 19.4. The van der Waals surface area contributed by atoms with E-state index in [0.717, 1.165) is 98.5 Å². The molecule has 0 fully saturated rings. The van der Waals surface area contributed by atoms with Crippen molar-refractivity contribution < 1.29 is 136 Å². The maximum absolute atomic E-state index is 12.9. The molecule has 6 aliphatic heterocycles. The van der Waals surface area contributed by atoms with Crippen LogP contribution in [0.2, 0.25) is 0 Å². The van der Waals surface area contributed by atoms with Gasteiger partial charge in [0.1, 0.15) is 0 Å². The normalized spacial score (nSPS) is 17.4. The number of ether oxygens (including phenoxy) is 6. The molecule has 24 nitrogen and oxygen atoms in total. The fourth-order valence-corrected chi connectivity index (χ4v) is 12.5. The fraction of sp³-hybridized carbons (Fsp3) is 0.357. The first-order valence-electron chi connectivity index (χ1n) is 38.5. The van der Waals surface area contributed by atoms with Gasteiger partial charge < -0.3 is 60.3 Å². The van der Waals surface area contributed by atoms with Gasteiger partial charge in [-0.2, -0.15) is 79.0 Å². The van der Waals surface area contributed by atoms with Gasteiger partial charge in [-0.25, -0.2) is 28.8 Å². The summed E-state index contributed by atoms with van der Waals surface area (Å²) in [4.78, 5) is 68.4. The molecule has 0 radical (unpaired) electrons. The number of anilines is 6. The van der Waals surface area contributed by atoms with E-state index in [0.29, 0.717) is 90.6 Å². The van der Waals surface area contributed by atoms with E-state index < -0.39 is 107 Å². The number of methoxy groups -OCH3 is 4. The second-order valence-corrected chi connectivity index (χ2v) is 27.7. The van der Waals surface area contributed by atoms with Gasteiger partial charge in [-0.3, -0.25) is 31.9 Å². The third-order valence-electron chi connectivity index (χ3n) is 18.7. The van der Waals surface area contributed by atoms with Crippen molar-refractivity contribution in [3.63, 3.8) is 0 Å². The first-order valence-corrected chi connectivity index (χ1v) is 38.5. The Hall–Kier alpha value is -13.1. The molecule has 0 saturated heterocycles. The van der Waals surface area contributed by atoms with Crippen LogP contribution in [0.5, 0.6) is 0 Å². The van der Waals surface area contributed by atoms with Crippen LogP contribution in [0.25, 0.3) is 34.2 Å². The van der Waals surface area contributed by atoms with Crippen LogP contribution >= 0.6 is 0 Å². The molecule has 0 aromatic heterocycles. The summed E-state index contributed by atoms with van der Waals surface area (Å²) in [6.07, 6.45) is -18.0. The largest absolute Gasteiger partial charge is 0.453 e. The predicted molar refractivity (Wildman–Crippen MR) is 436 cm³/mol. The molecular weight excluding hydrogens is 1710 g/mol. The van der Waals surface area contributed by atoms with Crippen LogP contribution in [0.4, 0.5) is 142 Å². The molecule has 42 heteroatoms. The lowest BCUT2D eigenvalue weighted by atomic mass is 9.98. The van der Waals surface area contributed by atoms with E-state index in [1.54, 1.807) is 50.3 Å². The van der Waals surface area contributed by atoms with Crippen LogP contribution in [-0.4, -0.2) is 114 Å². The fourth-order valence-electron chi connectivity index (χ4n) is 12.5. The molecular formula is C84H90F18N12O12. The first kappa shape index (κ1) is 100. The predicted octanol–water partition coefficient (Wildman–Crippen LogP) is 21.6. The van der Waals surface area contributed by atoms with Crippen molar-refractivity contribution in [2.24, 2.45) is 0 Å². The molecule has 0 aliphatic carbocycles. The summed E-state index contributed by atoms with van der Waals surface area (Å²) >= 11 is 0. The Labute approximate surface area is 710 Å².